The van der Waals surface area contributed by atoms with Crippen LogP contribution in [0.5, 0.6) is 5.75 Å². The molecule has 2 aromatic heterocycles. The highest BCUT2D eigenvalue weighted by atomic mass is 16.6. The number of ether oxygens (including phenoxy) is 1. The highest BCUT2D eigenvalue weighted by Gasteiger charge is 2.22. The molecule has 2 heterocycles. The molecule has 0 amide bonds. The maximum absolute atomic E-state index is 11.8. The third-order valence-electron chi connectivity index (χ3n) is 5.89. The van der Waals surface area contributed by atoms with Crippen molar-refractivity contribution in [3.05, 3.63) is 65.1 Å². The molecule has 0 aliphatic heterocycles. The van der Waals surface area contributed by atoms with E-state index in [1.807, 2.05) is 56.3 Å². The maximum atomic E-state index is 11.8. The molecule has 4 rings (SSSR count). The summed E-state index contributed by atoms with van der Waals surface area (Å²) < 4.78 is 7.60. The van der Waals surface area contributed by atoms with Gasteiger partial charge in [0.05, 0.1) is 17.7 Å². The van der Waals surface area contributed by atoms with Crippen LogP contribution in [0.25, 0.3) is 22.0 Å². The quantitative estimate of drug-likeness (QED) is 0.283. The smallest absolute Gasteiger partial charge is 0.294 e. The Hall–Kier alpha value is -4.18. The van der Waals surface area contributed by atoms with Crippen molar-refractivity contribution in [3.63, 3.8) is 0 Å². The fourth-order valence-electron chi connectivity index (χ4n) is 3.97. The monoisotopic (exact) mass is 475 g/mol. The van der Waals surface area contributed by atoms with Crippen LogP contribution in [0.2, 0.25) is 0 Å². The molecular weight excluding hydrogens is 446 g/mol. The number of nitro groups is 1. The lowest BCUT2D eigenvalue weighted by Gasteiger charge is -2.22. The Morgan fingerprint density at radius 2 is 1.83 bits per heavy atom. The molecule has 2 aromatic carbocycles. The summed E-state index contributed by atoms with van der Waals surface area (Å²) in [5.74, 6) is 0.777. The average molecular weight is 476 g/mol. The number of aromatic nitrogens is 3. The molecule has 0 atom stereocenters. The lowest BCUT2D eigenvalue weighted by Crippen LogP contribution is -2.28. The zero-order valence-electron chi connectivity index (χ0n) is 20.5. The highest BCUT2D eigenvalue weighted by molar-refractivity contribution is 5.95. The van der Waals surface area contributed by atoms with Crippen molar-refractivity contribution in [1.82, 2.24) is 19.4 Å². The van der Waals surface area contributed by atoms with Crippen LogP contribution in [0.1, 0.15) is 0 Å². The van der Waals surface area contributed by atoms with Crippen molar-refractivity contribution >= 4 is 33.9 Å². The van der Waals surface area contributed by atoms with Crippen molar-refractivity contribution in [2.75, 3.05) is 51.6 Å². The number of fused-ring (bicyclic) bond motifs is 1. The summed E-state index contributed by atoms with van der Waals surface area (Å²) in [6.07, 6.45) is 5.52. The second-order valence-corrected chi connectivity index (χ2v) is 8.61. The van der Waals surface area contributed by atoms with Crippen molar-refractivity contribution in [1.29, 1.82) is 0 Å². The lowest BCUT2D eigenvalue weighted by molar-refractivity contribution is -0.384. The van der Waals surface area contributed by atoms with Gasteiger partial charge in [0.25, 0.3) is 5.69 Å². The van der Waals surface area contributed by atoms with Crippen molar-refractivity contribution < 1.29 is 9.66 Å². The molecule has 10 nitrogen and oxygen atoms in total. The van der Waals surface area contributed by atoms with E-state index < -0.39 is 4.92 Å². The molecule has 10 heteroatoms. The molecule has 4 aromatic rings. The minimum Gasteiger partial charge on any atom is -0.494 e. The first-order valence-electron chi connectivity index (χ1n) is 11.1. The number of nitrogens with zero attached hydrogens (tertiary/aromatic N) is 6. The lowest BCUT2D eigenvalue weighted by atomic mass is 10.1. The van der Waals surface area contributed by atoms with Gasteiger partial charge in [0.15, 0.2) is 0 Å². The van der Waals surface area contributed by atoms with Crippen molar-refractivity contribution in [2.45, 2.75) is 0 Å². The van der Waals surface area contributed by atoms with Crippen molar-refractivity contribution in [3.8, 4) is 16.9 Å². The predicted octanol–water partition coefficient (Wildman–Crippen LogP) is 4.29. The SMILES string of the molecule is COc1cc(N(C)CCN(C)C)c([N+](=O)[O-])cc1Nc1ncc(-c2cn(C)c3ccccc23)cn1. The highest BCUT2D eigenvalue weighted by Crippen LogP contribution is 2.39. The van der Waals surface area contributed by atoms with Crippen LogP contribution < -0.4 is 15.0 Å². The molecule has 0 radical (unpaired) electrons. The number of aryl methyl sites for hydroxylation is 1. The van der Waals surface area contributed by atoms with Crippen LogP contribution in [0.4, 0.5) is 23.0 Å². The summed E-state index contributed by atoms with van der Waals surface area (Å²) in [5.41, 5.74) is 3.91. The first-order chi connectivity index (χ1) is 16.8. The van der Waals surface area contributed by atoms with Crippen LogP contribution in [-0.2, 0) is 7.05 Å². The van der Waals surface area contributed by atoms with Gasteiger partial charge >= 0.3 is 0 Å². The fourth-order valence-corrected chi connectivity index (χ4v) is 3.97. The molecule has 0 spiro atoms. The van der Waals surface area contributed by atoms with Gasteiger partial charge in [0.1, 0.15) is 11.4 Å². The topological polar surface area (TPSA) is 102 Å². The van der Waals surface area contributed by atoms with E-state index in [4.69, 9.17) is 4.74 Å². The van der Waals surface area contributed by atoms with E-state index in [2.05, 4.69) is 32.0 Å². The van der Waals surface area contributed by atoms with Gasteiger partial charge in [-0.1, -0.05) is 18.2 Å². The normalized spacial score (nSPS) is 11.1. The standard InChI is InChI=1S/C25H29N7O3/c1-29(2)10-11-30(3)22-13-24(35-5)20(12-23(22)32(33)34)28-25-26-14-17(15-27-25)19-16-31(4)21-9-7-6-8-18(19)21/h6-9,12-16H,10-11H2,1-5H3,(H,26,27,28). The van der Waals surface area contributed by atoms with Gasteiger partial charge in [-0.3, -0.25) is 10.1 Å². The number of likely N-dealkylation sites (N-methyl/N-ethyl adjacent to an activating group) is 2. The van der Waals surface area contributed by atoms with Crippen molar-refractivity contribution in [2.24, 2.45) is 7.05 Å². The molecule has 35 heavy (non-hydrogen) atoms. The van der Waals surface area contributed by atoms with Crippen LogP contribution in [-0.4, -0.2) is 65.7 Å². The second kappa shape index (κ2) is 9.98. The molecule has 0 aliphatic rings. The molecule has 0 aliphatic carbocycles. The fraction of sp³-hybridized carbons (Fsp3) is 0.280. The predicted molar refractivity (Wildman–Crippen MR) is 139 cm³/mol. The zero-order valence-corrected chi connectivity index (χ0v) is 20.5. The summed E-state index contributed by atoms with van der Waals surface area (Å²) in [7, 11) is 9.28. The number of anilines is 3. The minimum atomic E-state index is -0.392. The number of benzene rings is 2. The summed E-state index contributed by atoms with van der Waals surface area (Å²) in [5, 5.41) is 16.0. The third-order valence-corrected chi connectivity index (χ3v) is 5.89. The Balaban J connectivity index is 1.63. The largest absolute Gasteiger partial charge is 0.494 e. The van der Waals surface area contributed by atoms with Crippen LogP contribution in [0, 0.1) is 10.1 Å². The van der Waals surface area contributed by atoms with E-state index in [1.54, 1.807) is 18.5 Å². The van der Waals surface area contributed by atoms with E-state index in [0.717, 1.165) is 28.6 Å². The average Bonchev–Trinajstić information content (AvgIpc) is 3.19. The maximum Gasteiger partial charge on any atom is 0.294 e. The molecular formula is C25H29N7O3. The number of hydrogen-bond acceptors (Lipinski definition) is 8. The molecule has 0 fully saturated rings. The van der Waals surface area contributed by atoms with Crippen LogP contribution >= 0.6 is 0 Å². The summed E-state index contributed by atoms with van der Waals surface area (Å²) in [4.78, 5) is 24.2. The first kappa shape index (κ1) is 24.0. The Morgan fingerprint density at radius 1 is 1.11 bits per heavy atom. The number of nitrogens with one attached hydrogen (secondary N) is 1. The Morgan fingerprint density at radius 3 is 2.49 bits per heavy atom. The summed E-state index contributed by atoms with van der Waals surface area (Å²) in [6.45, 7) is 1.38. The summed E-state index contributed by atoms with van der Waals surface area (Å²) >= 11 is 0. The third kappa shape index (κ3) is 5.02. The Labute approximate surface area is 203 Å². The molecule has 0 saturated heterocycles. The molecule has 1 N–H and O–H groups in total. The zero-order chi connectivity index (χ0) is 25.1. The van der Waals surface area contributed by atoms with Crippen LogP contribution in [0.3, 0.4) is 0 Å². The van der Waals surface area contributed by atoms with Gasteiger partial charge in [-0.2, -0.15) is 0 Å². The van der Waals surface area contributed by atoms with E-state index in [0.29, 0.717) is 29.6 Å². The van der Waals surface area contributed by atoms with E-state index >= 15 is 0 Å². The molecule has 0 bridgehead atoms. The number of methoxy groups -OCH3 is 1. The number of nitro benzene ring substituents is 1. The second-order valence-electron chi connectivity index (χ2n) is 8.61. The van der Waals surface area contributed by atoms with Gasteiger partial charge in [0, 0.05) is 79.9 Å². The van der Waals surface area contributed by atoms with Gasteiger partial charge in [-0.15, -0.1) is 0 Å². The first-order valence-corrected chi connectivity index (χ1v) is 11.1. The number of hydrogen-bond donors (Lipinski definition) is 1. The van der Waals surface area contributed by atoms with E-state index in [-0.39, 0.29) is 5.69 Å². The van der Waals surface area contributed by atoms with Gasteiger partial charge in [-0.25, -0.2) is 9.97 Å². The van der Waals surface area contributed by atoms with Crippen LogP contribution in [0.15, 0.2) is 55.0 Å². The Bertz CT molecular complexity index is 1350. The van der Waals surface area contributed by atoms with E-state index in [9.17, 15) is 10.1 Å². The number of rotatable bonds is 9. The van der Waals surface area contributed by atoms with Gasteiger partial charge in [-0.05, 0) is 20.2 Å². The molecule has 0 unspecified atom stereocenters. The Kier molecular flexibility index (Phi) is 6.83. The van der Waals surface area contributed by atoms with E-state index in [1.165, 1.54) is 13.2 Å². The molecule has 0 saturated carbocycles. The molecule has 182 valence electrons. The van der Waals surface area contributed by atoms with Gasteiger partial charge < -0.3 is 24.4 Å². The van der Waals surface area contributed by atoms with Gasteiger partial charge in [0.2, 0.25) is 5.95 Å². The number of para-hydroxylation sites is 1. The minimum absolute atomic E-state index is 0.0260. The summed E-state index contributed by atoms with van der Waals surface area (Å²) in [6, 6.07) is 11.3.